The molecule has 0 spiro atoms. The minimum Gasteiger partial charge on any atom is -0.481 e. The van der Waals surface area contributed by atoms with Crippen LogP contribution in [0, 0.1) is 11.6 Å². The standard InChI is InChI=1S/C21H23ClFNO4.C15H20BrNO4.C6H5BClFO2/c1-21(2,3)28-20(27)24-16(12-19(25)26)10-13-4-6-14(7-5-13)17-11-15(22)8-9-18(17)23;1-15(2,3)21-14(20)17-12(9-13(18)19)8-10-4-6-11(16)7-5-10;8-4-1-2-6(9)5(3-4)7(10)11/h4-9,11,16H,10,12H2,1-3H3,(H,24,27)(H,25,26);4-7,12H,8-9H2,1-3H3,(H,17,20)(H,18,19);1-3,10-11H/t16-;12-;/m11./s1. The lowest BCUT2D eigenvalue weighted by Gasteiger charge is -2.23. The molecule has 0 aliphatic carbocycles. The number of nitrogens with one attached hydrogen (secondary N) is 2. The number of aliphatic carboxylic acids is 2. The molecule has 0 unspecified atom stereocenters. The van der Waals surface area contributed by atoms with Crippen LogP contribution < -0.4 is 16.1 Å². The summed E-state index contributed by atoms with van der Waals surface area (Å²) in [6, 6.07) is 21.3. The lowest BCUT2D eigenvalue weighted by Crippen LogP contribution is -2.41. The third-order valence-corrected chi connectivity index (χ3v) is 8.59. The number of rotatable bonds is 12. The molecule has 0 aliphatic heterocycles. The van der Waals surface area contributed by atoms with Crippen LogP contribution in [0.3, 0.4) is 0 Å². The minimum atomic E-state index is -1.81. The zero-order chi connectivity index (χ0) is 45.4. The van der Waals surface area contributed by atoms with E-state index in [1.807, 2.05) is 24.3 Å². The highest BCUT2D eigenvalue weighted by atomic mass is 79.9. The van der Waals surface area contributed by atoms with Crippen molar-refractivity contribution in [2.75, 3.05) is 0 Å². The van der Waals surface area contributed by atoms with Crippen molar-refractivity contribution >= 4 is 75.8 Å². The largest absolute Gasteiger partial charge is 0.491 e. The van der Waals surface area contributed by atoms with Crippen LogP contribution in [0.25, 0.3) is 11.1 Å². The summed E-state index contributed by atoms with van der Waals surface area (Å²) in [6.45, 7) is 10.5. The van der Waals surface area contributed by atoms with Crippen LogP contribution in [0.2, 0.25) is 10.0 Å². The summed E-state index contributed by atoms with van der Waals surface area (Å²) in [5, 5.41) is 41.2. The van der Waals surface area contributed by atoms with Gasteiger partial charge in [0, 0.05) is 37.6 Å². The van der Waals surface area contributed by atoms with Crippen LogP contribution in [-0.2, 0) is 31.9 Å². The van der Waals surface area contributed by atoms with Gasteiger partial charge in [0.25, 0.3) is 0 Å². The molecule has 18 heteroatoms. The topological polar surface area (TPSA) is 192 Å². The first-order valence-electron chi connectivity index (χ1n) is 18.3. The van der Waals surface area contributed by atoms with Crippen LogP contribution in [0.4, 0.5) is 18.4 Å². The molecule has 0 fully saturated rings. The Labute approximate surface area is 366 Å². The zero-order valence-corrected chi connectivity index (χ0v) is 36.9. The van der Waals surface area contributed by atoms with Gasteiger partial charge in [0.2, 0.25) is 0 Å². The number of hydrogen-bond acceptors (Lipinski definition) is 8. The van der Waals surface area contributed by atoms with Crippen LogP contribution in [0.5, 0.6) is 0 Å². The molecule has 12 nitrogen and oxygen atoms in total. The predicted octanol–water partition coefficient (Wildman–Crippen LogP) is 8.58. The van der Waals surface area contributed by atoms with Crippen molar-refractivity contribution in [3.8, 4) is 11.1 Å². The van der Waals surface area contributed by atoms with Crippen molar-refractivity contribution in [1.82, 2.24) is 10.6 Å². The summed E-state index contributed by atoms with van der Waals surface area (Å²) in [5.41, 5.74) is 1.27. The molecular formula is C42H48BBrCl2F2N2O10. The second kappa shape index (κ2) is 23.9. The third kappa shape index (κ3) is 21.0. The lowest BCUT2D eigenvalue weighted by molar-refractivity contribution is -0.138. The number of carboxylic acid groups (broad SMARTS) is 2. The molecule has 0 saturated heterocycles. The fraction of sp³-hybridized carbons (Fsp3) is 0.333. The number of ether oxygens (including phenoxy) is 2. The van der Waals surface area contributed by atoms with Crippen LogP contribution in [0.15, 0.2) is 89.4 Å². The molecule has 0 heterocycles. The van der Waals surface area contributed by atoms with Gasteiger partial charge in [0.15, 0.2) is 0 Å². The molecule has 0 bridgehead atoms. The average molecular weight is 940 g/mol. The average Bonchev–Trinajstić information content (AvgIpc) is 3.10. The maximum atomic E-state index is 14.0. The SMILES string of the molecule is CC(C)(C)OC(=O)N[C@@H](CC(=O)O)Cc1ccc(-c2cc(Cl)ccc2F)cc1.CC(C)(C)OC(=O)N[C@@H](CC(=O)O)Cc1ccc(Br)cc1.OB(O)c1cc(Cl)ccc1F. The highest BCUT2D eigenvalue weighted by Crippen LogP contribution is 2.27. The van der Waals surface area contributed by atoms with E-state index in [1.165, 1.54) is 24.3 Å². The van der Waals surface area contributed by atoms with Crippen LogP contribution >= 0.6 is 39.1 Å². The van der Waals surface area contributed by atoms with E-state index < -0.39 is 60.3 Å². The Bertz CT molecular complexity index is 2050. The molecule has 0 aliphatic rings. The maximum absolute atomic E-state index is 14.0. The lowest BCUT2D eigenvalue weighted by atomic mass is 9.80. The summed E-state index contributed by atoms with van der Waals surface area (Å²) in [4.78, 5) is 45.8. The second-order valence-electron chi connectivity index (χ2n) is 15.3. The van der Waals surface area contributed by atoms with E-state index >= 15 is 0 Å². The zero-order valence-electron chi connectivity index (χ0n) is 33.8. The van der Waals surface area contributed by atoms with Crippen molar-refractivity contribution < 1.29 is 57.7 Å². The van der Waals surface area contributed by atoms with Gasteiger partial charge in [-0.2, -0.15) is 0 Å². The van der Waals surface area contributed by atoms with E-state index in [0.717, 1.165) is 21.7 Å². The molecule has 4 aromatic carbocycles. The van der Waals surface area contributed by atoms with E-state index in [4.69, 9.17) is 52.9 Å². The van der Waals surface area contributed by atoms with Crippen LogP contribution in [-0.4, -0.2) is 74.8 Å². The Morgan fingerprint density at radius 1 is 0.667 bits per heavy atom. The normalized spacial score (nSPS) is 11.9. The summed E-state index contributed by atoms with van der Waals surface area (Å²) < 4.78 is 37.9. The Morgan fingerprint density at radius 2 is 1.07 bits per heavy atom. The molecule has 2 amide bonds. The van der Waals surface area contributed by atoms with E-state index in [2.05, 4.69) is 26.6 Å². The number of carbonyl (C=O) groups excluding carboxylic acids is 2. The molecule has 0 saturated carbocycles. The third-order valence-electron chi connectivity index (χ3n) is 7.59. The minimum absolute atomic E-state index is 0.157. The van der Waals surface area contributed by atoms with Gasteiger partial charge in [0.1, 0.15) is 22.8 Å². The Hall–Kier alpha value is -4.74. The first-order chi connectivity index (χ1) is 27.8. The van der Waals surface area contributed by atoms with Crippen molar-refractivity contribution in [2.45, 2.75) is 90.5 Å². The molecule has 4 aromatic rings. The summed E-state index contributed by atoms with van der Waals surface area (Å²) in [6.07, 6.45) is -0.954. The molecule has 324 valence electrons. The summed E-state index contributed by atoms with van der Waals surface area (Å²) in [7, 11) is -1.81. The van der Waals surface area contributed by atoms with Crippen molar-refractivity contribution in [2.24, 2.45) is 0 Å². The number of alkyl carbamates (subject to hydrolysis) is 2. The Kier molecular flexibility index (Phi) is 20.5. The number of carbonyl (C=O) groups is 4. The van der Waals surface area contributed by atoms with E-state index in [9.17, 15) is 28.0 Å². The number of hydrogen-bond donors (Lipinski definition) is 6. The molecular weight excluding hydrogens is 892 g/mol. The van der Waals surface area contributed by atoms with Gasteiger partial charge in [0.05, 0.1) is 12.8 Å². The first kappa shape index (κ1) is 51.4. The van der Waals surface area contributed by atoms with Crippen molar-refractivity contribution in [1.29, 1.82) is 0 Å². The van der Waals surface area contributed by atoms with Gasteiger partial charge in [-0.1, -0.05) is 75.5 Å². The van der Waals surface area contributed by atoms with Gasteiger partial charge in [-0.25, -0.2) is 18.4 Å². The van der Waals surface area contributed by atoms with Crippen molar-refractivity contribution in [3.05, 3.63) is 122 Å². The second-order valence-corrected chi connectivity index (χ2v) is 17.1. The van der Waals surface area contributed by atoms with E-state index in [-0.39, 0.29) is 29.1 Å². The number of carboxylic acids is 2. The quantitative estimate of drug-likeness (QED) is 0.0751. The van der Waals surface area contributed by atoms with Crippen molar-refractivity contribution in [3.63, 3.8) is 0 Å². The van der Waals surface area contributed by atoms with Gasteiger partial charge in [-0.15, -0.1) is 0 Å². The van der Waals surface area contributed by atoms with Gasteiger partial charge >= 0.3 is 31.2 Å². The Balaban J connectivity index is 0.000000339. The molecule has 4 rings (SSSR count). The van der Waals surface area contributed by atoms with E-state index in [0.29, 0.717) is 29.0 Å². The van der Waals surface area contributed by atoms with Gasteiger partial charge in [-0.05, 0) is 120 Å². The predicted molar refractivity (Wildman–Crippen MR) is 230 cm³/mol. The van der Waals surface area contributed by atoms with Gasteiger partial charge in [-0.3, -0.25) is 9.59 Å². The van der Waals surface area contributed by atoms with Crippen LogP contribution in [0.1, 0.15) is 65.5 Å². The summed E-state index contributed by atoms with van der Waals surface area (Å²) >= 11 is 14.7. The monoisotopic (exact) mass is 938 g/mol. The molecule has 0 aromatic heterocycles. The fourth-order valence-electron chi connectivity index (χ4n) is 5.16. The summed E-state index contributed by atoms with van der Waals surface area (Å²) in [5.74, 6) is -3.05. The maximum Gasteiger partial charge on any atom is 0.491 e. The number of amides is 2. The highest BCUT2D eigenvalue weighted by Gasteiger charge is 2.23. The Morgan fingerprint density at radius 3 is 1.45 bits per heavy atom. The van der Waals surface area contributed by atoms with Gasteiger partial charge < -0.3 is 40.4 Å². The van der Waals surface area contributed by atoms with E-state index in [1.54, 1.807) is 71.9 Å². The fourth-order valence-corrected chi connectivity index (χ4v) is 5.78. The first-order valence-corrected chi connectivity index (χ1v) is 19.9. The highest BCUT2D eigenvalue weighted by molar-refractivity contribution is 9.10. The number of benzene rings is 4. The molecule has 0 radical (unpaired) electrons. The number of halogens is 5. The molecule has 6 N–H and O–H groups in total. The smallest absolute Gasteiger partial charge is 0.481 e. The molecule has 60 heavy (non-hydrogen) atoms. The molecule has 2 atom stereocenters.